The number of carbonyl (C=O) groups excluding carboxylic acids is 2. The fourth-order valence-electron chi connectivity index (χ4n) is 1.61. The van der Waals surface area contributed by atoms with Crippen molar-refractivity contribution in [2.45, 2.75) is 25.8 Å². The van der Waals surface area contributed by atoms with Gasteiger partial charge in [-0.3, -0.25) is 9.59 Å². The molecule has 0 saturated carbocycles. The van der Waals surface area contributed by atoms with Crippen molar-refractivity contribution in [1.82, 2.24) is 10.2 Å². The Kier molecular flexibility index (Phi) is 5.83. The van der Waals surface area contributed by atoms with Crippen molar-refractivity contribution >= 4 is 23.4 Å². The summed E-state index contributed by atoms with van der Waals surface area (Å²) < 4.78 is 0. The fraction of sp³-hybridized carbons (Fsp3) is 0.429. The first-order valence-electron chi connectivity index (χ1n) is 6.13. The second kappa shape index (κ2) is 7.14. The molecular weight excluding hydrogens is 264 g/mol. The maximum atomic E-state index is 12.1. The van der Waals surface area contributed by atoms with Crippen LogP contribution in [-0.4, -0.2) is 36.3 Å². The van der Waals surface area contributed by atoms with Crippen molar-refractivity contribution in [3.05, 3.63) is 35.4 Å². The summed E-state index contributed by atoms with van der Waals surface area (Å²) in [6.07, 6.45) is 0. The van der Waals surface area contributed by atoms with Gasteiger partial charge in [0.2, 0.25) is 5.91 Å². The SMILES string of the molecule is CC(C)NC(=O)CN(C)C(=O)c1ccc(CCl)cc1. The summed E-state index contributed by atoms with van der Waals surface area (Å²) in [5, 5.41) is 2.75. The molecule has 4 nitrogen and oxygen atoms in total. The zero-order chi connectivity index (χ0) is 14.4. The highest BCUT2D eigenvalue weighted by Crippen LogP contribution is 2.08. The van der Waals surface area contributed by atoms with E-state index in [9.17, 15) is 9.59 Å². The number of hydrogen-bond acceptors (Lipinski definition) is 2. The Morgan fingerprint density at radius 1 is 1.26 bits per heavy atom. The van der Waals surface area contributed by atoms with Crippen LogP contribution in [0.5, 0.6) is 0 Å². The first-order chi connectivity index (χ1) is 8.93. The summed E-state index contributed by atoms with van der Waals surface area (Å²) in [7, 11) is 1.61. The molecule has 1 N–H and O–H groups in total. The molecule has 0 spiro atoms. The number of rotatable bonds is 5. The summed E-state index contributed by atoms with van der Waals surface area (Å²) in [5.41, 5.74) is 1.51. The average molecular weight is 283 g/mol. The van der Waals surface area contributed by atoms with Gasteiger partial charge in [-0.25, -0.2) is 0 Å². The van der Waals surface area contributed by atoms with E-state index in [2.05, 4.69) is 5.32 Å². The van der Waals surface area contributed by atoms with Crippen LogP contribution >= 0.6 is 11.6 Å². The van der Waals surface area contributed by atoms with E-state index >= 15 is 0 Å². The molecule has 0 aromatic heterocycles. The molecule has 0 aliphatic carbocycles. The smallest absolute Gasteiger partial charge is 0.254 e. The van der Waals surface area contributed by atoms with Gasteiger partial charge in [-0.2, -0.15) is 0 Å². The van der Waals surface area contributed by atoms with Crippen LogP contribution < -0.4 is 5.32 Å². The monoisotopic (exact) mass is 282 g/mol. The lowest BCUT2D eigenvalue weighted by atomic mass is 10.1. The molecule has 0 heterocycles. The van der Waals surface area contributed by atoms with Gasteiger partial charge in [-0.05, 0) is 31.5 Å². The number of alkyl halides is 1. The highest BCUT2D eigenvalue weighted by atomic mass is 35.5. The molecular formula is C14H19ClN2O2. The van der Waals surface area contributed by atoms with Crippen molar-refractivity contribution in [2.24, 2.45) is 0 Å². The van der Waals surface area contributed by atoms with E-state index in [0.29, 0.717) is 11.4 Å². The zero-order valence-corrected chi connectivity index (χ0v) is 12.2. The number of likely N-dealkylation sites (N-methyl/N-ethyl adjacent to an activating group) is 1. The maximum absolute atomic E-state index is 12.1. The van der Waals surface area contributed by atoms with Crippen LogP contribution in [-0.2, 0) is 10.7 Å². The van der Waals surface area contributed by atoms with Gasteiger partial charge in [0.1, 0.15) is 0 Å². The average Bonchev–Trinajstić information content (AvgIpc) is 2.36. The van der Waals surface area contributed by atoms with Crippen LogP contribution in [0, 0.1) is 0 Å². The lowest BCUT2D eigenvalue weighted by Gasteiger charge is -2.18. The van der Waals surface area contributed by atoms with Crippen molar-refractivity contribution in [3.63, 3.8) is 0 Å². The Bertz CT molecular complexity index is 443. The second-order valence-corrected chi connectivity index (χ2v) is 4.98. The van der Waals surface area contributed by atoms with Gasteiger partial charge in [0.05, 0.1) is 6.54 Å². The van der Waals surface area contributed by atoms with Gasteiger partial charge >= 0.3 is 0 Å². The molecule has 0 aliphatic heterocycles. The van der Waals surface area contributed by atoms with Crippen LogP contribution in [0.25, 0.3) is 0 Å². The topological polar surface area (TPSA) is 49.4 Å². The van der Waals surface area contributed by atoms with Crippen LogP contribution in [0.2, 0.25) is 0 Å². The maximum Gasteiger partial charge on any atom is 0.254 e. The number of benzene rings is 1. The second-order valence-electron chi connectivity index (χ2n) is 4.71. The summed E-state index contributed by atoms with van der Waals surface area (Å²) >= 11 is 5.69. The summed E-state index contributed by atoms with van der Waals surface area (Å²) in [4.78, 5) is 25.1. The predicted octanol–water partition coefficient (Wildman–Crippen LogP) is 2.02. The summed E-state index contributed by atoms with van der Waals surface area (Å²) in [6, 6.07) is 7.12. The van der Waals surface area contributed by atoms with E-state index in [4.69, 9.17) is 11.6 Å². The van der Waals surface area contributed by atoms with Crippen molar-refractivity contribution in [2.75, 3.05) is 13.6 Å². The van der Waals surface area contributed by atoms with Crippen molar-refractivity contribution in [3.8, 4) is 0 Å². The molecule has 0 fully saturated rings. The normalized spacial score (nSPS) is 10.4. The van der Waals surface area contributed by atoms with Crippen LogP contribution in [0.3, 0.4) is 0 Å². The Morgan fingerprint density at radius 2 is 1.84 bits per heavy atom. The third kappa shape index (κ3) is 4.91. The molecule has 2 amide bonds. The van der Waals surface area contributed by atoms with E-state index in [0.717, 1.165) is 5.56 Å². The molecule has 0 saturated heterocycles. The number of nitrogens with zero attached hydrogens (tertiary/aromatic N) is 1. The summed E-state index contributed by atoms with van der Waals surface area (Å²) in [5.74, 6) is 0.0736. The minimum absolute atomic E-state index is 0.0499. The highest BCUT2D eigenvalue weighted by Gasteiger charge is 2.15. The summed E-state index contributed by atoms with van der Waals surface area (Å²) in [6.45, 7) is 3.81. The lowest BCUT2D eigenvalue weighted by Crippen LogP contribution is -2.40. The molecule has 104 valence electrons. The number of hydrogen-bond donors (Lipinski definition) is 1. The number of nitrogens with one attached hydrogen (secondary N) is 1. The van der Waals surface area contributed by atoms with Crippen molar-refractivity contribution in [1.29, 1.82) is 0 Å². The highest BCUT2D eigenvalue weighted by molar-refractivity contribution is 6.17. The molecule has 1 aromatic rings. The van der Waals surface area contributed by atoms with Gasteiger partial charge in [0, 0.05) is 24.5 Å². The molecule has 0 atom stereocenters. The van der Waals surface area contributed by atoms with E-state index in [1.165, 1.54) is 4.90 Å². The Balaban J connectivity index is 2.63. The van der Waals surface area contributed by atoms with Gasteiger partial charge in [0.15, 0.2) is 0 Å². The molecule has 0 unspecified atom stereocenters. The van der Waals surface area contributed by atoms with Crippen LogP contribution in [0.1, 0.15) is 29.8 Å². The van der Waals surface area contributed by atoms with Gasteiger partial charge in [-0.1, -0.05) is 12.1 Å². The van der Waals surface area contributed by atoms with Crippen LogP contribution in [0.4, 0.5) is 0 Å². The Morgan fingerprint density at radius 3 is 2.32 bits per heavy atom. The molecule has 0 aliphatic rings. The molecule has 0 bridgehead atoms. The molecule has 5 heteroatoms. The fourth-order valence-corrected chi connectivity index (χ4v) is 1.79. The third-order valence-corrected chi connectivity index (χ3v) is 2.84. The molecule has 19 heavy (non-hydrogen) atoms. The first-order valence-corrected chi connectivity index (χ1v) is 6.67. The van der Waals surface area contributed by atoms with E-state index < -0.39 is 0 Å². The predicted molar refractivity (Wildman–Crippen MR) is 76.2 cm³/mol. The van der Waals surface area contributed by atoms with E-state index in [1.807, 2.05) is 26.0 Å². The van der Waals surface area contributed by atoms with Crippen LogP contribution in [0.15, 0.2) is 24.3 Å². The van der Waals surface area contributed by atoms with Gasteiger partial charge in [-0.15, -0.1) is 11.6 Å². The lowest BCUT2D eigenvalue weighted by molar-refractivity contribution is -0.122. The third-order valence-electron chi connectivity index (χ3n) is 2.53. The number of halogens is 1. The number of amides is 2. The van der Waals surface area contributed by atoms with Gasteiger partial charge in [0.25, 0.3) is 5.91 Å². The molecule has 0 radical (unpaired) electrons. The van der Waals surface area contributed by atoms with Crippen molar-refractivity contribution < 1.29 is 9.59 Å². The molecule has 1 rings (SSSR count). The Labute approximate surface area is 118 Å². The quantitative estimate of drug-likeness (QED) is 0.840. The van der Waals surface area contributed by atoms with E-state index in [-0.39, 0.29) is 24.4 Å². The first kappa shape index (κ1) is 15.5. The zero-order valence-electron chi connectivity index (χ0n) is 11.4. The molecule has 1 aromatic carbocycles. The minimum atomic E-state index is -0.181. The number of carbonyl (C=O) groups is 2. The van der Waals surface area contributed by atoms with E-state index in [1.54, 1.807) is 19.2 Å². The van der Waals surface area contributed by atoms with Gasteiger partial charge < -0.3 is 10.2 Å². The minimum Gasteiger partial charge on any atom is -0.352 e. The Hall–Kier alpha value is -1.55. The standard InChI is InChI=1S/C14H19ClN2O2/c1-10(2)16-13(18)9-17(3)14(19)12-6-4-11(8-15)5-7-12/h4-7,10H,8-9H2,1-3H3,(H,16,18). The largest absolute Gasteiger partial charge is 0.352 e.